The molecule has 0 fully saturated rings. The van der Waals surface area contributed by atoms with Crippen molar-refractivity contribution in [2.75, 3.05) is 12.9 Å². The number of rotatable bonds is 3. The molecule has 2 rings (SSSR count). The molecule has 7 heteroatoms. The molecule has 0 radical (unpaired) electrons. The van der Waals surface area contributed by atoms with E-state index in [1.54, 1.807) is 20.0 Å². The summed E-state index contributed by atoms with van der Waals surface area (Å²) in [5.74, 6) is 0.0977. The van der Waals surface area contributed by atoms with Crippen LogP contribution in [0.2, 0.25) is 0 Å². The van der Waals surface area contributed by atoms with Gasteiger partial charge in [-0.2, -0.15) is 4.98 Å². The summed E-state index contributed by atoms with van der Waals surface area (Å²) < 4.78 is 6.44. The van der Waals surface area contributed by atoms with Crippen LogP contribution >= 0.6 is 11.8 Å². The van der Waals surface area contributed by atoms with Gasteiger partial charge in [0.1, 0.15) is 0 Å². The summed E-state index contributed by atoms with van der Waals surface area (Å²) in [5.41, 5.74) is 1.01. The Morgan fingerprint density at radius 3 is 2.94 bits per heavy atom. The number of fused-ring (bicyclic) bond motifs is 1. The number of carbonyl (C=O) groups is 1. The van der Waals surface area contributed by atoms with E-state index in [0.29, 0.717) is 28.8 Å². The van der Waals surface area contributed by atoms with Gasteiger partial charge in [-0.15, -0.1) is 5.10 Å². The van der Waals surface area contributed by atoms with Gasteiger partial charge in [-0.25, -0.2) is 14.3 Å². The van der Waals surface area contributed by atoms with Crippen LogP contribution in [0.5, 0.6) is 0 Å². The zero-order chi connectivity index (χ0) is 12.4. The maximum absolute atomic E-state index is 11.7. The number of esters is 1. The van der Waals surface area contributed by atoms with Crippen LogP contribution in [0.15, 0.2) is 11.4 Å². The van der Waals surface area contributed by atoms with Gasteiger partial charge < -0.3 is 4.74 Å². The van der Waals surface area contributed by atoms with Gasteiger partial charge in [0.15, 0.2) is 0 Å². The van der Waals surface area contributed by atoms with Crippen LogP contribution in [-0.2, 0) is 4.74 Å². The first-order chi connectivity index (χ1) is 8.15. The molecular formula is C10H12N4O2S. The van der Waals surface area contributed by atoms with Crippen molar-refractivity contribution in [1.82, 2.24) is 19.6 Å². The normalized spacial score (nSPS) is 10.8. The third kappa shape index (κ3) is 2.23. The first-order valence-electron chi connectivity index (χ1n) is 5.10. The maximum Gasteiger partial charge on any atom is 0.341 e. The monoisotopic (exact) mass is 252 g/mol. The molecule has 90 valence electrons. The quantitative estimate of drug-likeness (QED) is 0.606. The van der Waals surface area contributed by atoms with Gasteiger partial charge >= 0.3 is 5.97 Å². The lowest BCUT2D eigenvalue weighted by Gasteiger charge is -2.04. The third-order valence-corrected chi connectivity index (χ3v) is 2.72. The van der Waals surface area contributed by atoms with E-state index >= 15 is 0 Å². The summed E-state index contributed by atoms with van der Waals surface area (Å²) >= 11 is 1.43. The molecule has 0 spiro atoms. The van der Waals surface area contributed by atoms with E-state index in [-0.39, 0.29) is 5.97 Å². The standard InChI is InChI=1S/C10H12N4O2S/c1-4-16-8(15)7-5-14-9(11-6(7)2)12-10(13-14)17-3/h5H,4H2,1-3H3. The number of hydrogen-bond donors (Lipinski definition) is 0. The van der Waals surface area contributed by atoms with Crippen molar-refractivity contribution in [3.05, 3.63) is 17.5 Å². The molecule has 0 unspecified atom stereocenters. The number of aryl methyl sites for hydroxylation is 1. The van der Waals surface area contributed by atoms with Gasteiger partial charge in [-0.1, -0.05) is 11.8 Å². The van der Waals surface area contributed by atoms with Crippen molar-refractivity contribution in [2.24, 2.45) is 0 Å². The predicted molar refractivity (Wildman–Crippen MR) is 63.3 cm³/mol. The van der Waals surface area contributed by atoms with Crippen LogP contribution in [0.1, 0.15) is 23.0 Å². The molecule has 0 aliphatic heterocycles. The van der Waals surface area contributed by atoms with Gasteiger partial charge in [-0.3, -0.25) is 0 Å². The predicted octanol–water partition coefficient (Wildman–Crippen LogP) is 1.33. The highest BCUT2D eigenvalue weighted by Gasteiger charge is 2.14. The van der Waals surface area contributed by atoms with E-state index in [4.69, 9.17) is 4.74 Å². The lowest BCUT2D eigenvalue weighted by Crippen LogP contribution is -2.10. The Labute approximate surface area is 102 Å². The van der Waals surface area contributed by atoms with Crippen molar-refractivity contribution < 1.29 is 9.53 Å². The smallest absolute Gasteiger partial charge is 0.341 e. The van der Waals surface area contributed by atoms with E-state index in [9.17, 15) is 4.79 Å². The molecular weight excluding hydrogens is 240 g/mol. The lowest BCUT2D eigenvalue weighted by molar-refractivity contribution is 0.0524. The van der Waals surface area contributed by atoms with Crippen molar-refractivity contribution in [1.29, 1.82) is 0 Å². The Hall–Kier alpha value is -1.63. The second kappa shape index (κ2) is 4.70. The maximum atomic E-state index is 11.7. The zero-order valence-electron chi connectivity index (χ0n) is 9.80. The molecule has 0 aromatic carbocycles. The summed E-state index contributed by atoms with van der Waals surface area (Å²) in [6.07, 6.45) is 3.48. The minimum Gasteiger partial charge on any atom is -0.462 e. The van der Waals surface area contributed by atoms with Crippen LogP contribution in [0.4, 0.5) is 0 Å². The fourth-order valence-corrected chi connectivity index (χ4v) is 1.72. The van der Waals surface area contributed by atoms with E-state index in [1.165, 1.54) is 16.3 Å². The Morgan fingerprint density at radius 2 is 2.29 bits per heavy atom. The number of thioether (sulfide) groups is 1. The molecule has 0 bridgehead atoms. The Balaban J connectivity index is 2.50. The highest BCUT2D eigenvalue weighted by atomic mass is 32.2. The van der Waals surface area contributed by atoms with Crippen LogP contribution in [0, 0.1) is 6.92 Å². The molecule has 2 aromatic heterocycles. The molecule has 0 saturated heterocycles. The van der Waals surface area contributed by atoms with Gasteiger partial charge in [0.2, 0.25) is 5.16 Å². The summed E-state index contributed by atoms with van der Waals surface area (Å²) in [4.78, 5) is 20.1. The van der Waals surface area contributed by atoms with Crippen LogP contribution in [0.25, 0.3) is 5.78 Å². The molecule has 0 amide bonds. The van der Waals surface area contributed by atoms with E-state index in [1.807, 2.05) is 6.26 Å². The first kappa shape index (κ1) is 11.8. The topological polar surface area (TPSA) is 69.4 Å². The Bertz CT molecular complexity index is 567. The zero-order valence-corrected chi connectivity index (χ0v) is 10.6. The molecule has 0 saturated carbocycles. The van der Waals surface area contributed by atoms with Crippen molar-refractivity contribution >= 4 is 23.5 Å². The summed E-state index contributed by atoms with van der Waals surface area (Å²) in [6, 6.07) is 0. The minimum atomic E-state index is -0.388. The molecule has 0 aliphatic rings. The van der Waals surface area contributed by atoms with Gasteiger partial charge in [0, 0.05) is 6.20 Å². The Kier molecular flexibility index (Phi) is 3.28. The molecule has 2 aromatic rings. The SMILES string of the molecule is CCOC(=O)c1cn2nc(SC)nc2nc1C. The molecule has 0 aliphatic carbocycles. The Morgan fingerprint density at radius 1 is 1.53 bits per heavy atom. The fourth-order valence-electron chi connectivity index (χ4n) is 1.38. The number of hydrogen-bond acceptors (Lipinski definition) is 6. The largest absolute Gasteiger partial charge is 0.462 e. The average Bonchev–Trinajstić information content (AvgIpc) is 2.70. The second-order valence-electron chi connectivity index (χ2n) is 3.30. The number of ether oxygens (including phenoxy) is 1. The van der Waals surface area contributed by atoms with E-state index < -0.39 is 0 Å². The van der Waals surface area contributed by atoms with Gasteiger partial charge in [0.25, 0.3) is 5.78 Å². The number of aromatic nitrogens is 4. The number of carbonyl (C=O) groups excluding carboxylic acids is 1. The van der Waals surface area contributed by atoms with Crippen molar-refractivity contribution in [3.8, 4) is 0 Å². The fraction of sp³-hybridized carbons (Fsp3) is 0.400. The average molecular weight is 252 g/mol. The molecule has 0 atom stereocenters. The second-order valence-corrected chi connectivity index (χ2v) is 4.08. The van der Waals surface area contributed by atoms with Crippen LogP contribution in [0.3, 0.4) is 0 Å². The molecule has 0 N–H and O–H groups in total. The highest BCUT2D eigenvalue weighted by Crippen LogP contribution is 2.13. The third-order valence-electron chi connectivity index (χ3n) is 2.18. The van der Waals surface area contributed by atoms with Crippen molar-refractivity contribution in [2.45, 2.75) is 19.0 Å². The van der Waals surface area contributed by atoms with Crippen LogP contribution in [-0.4, -0.2) is 38.4 Å². The summed E-state index contributed by atoms with van der Waals surface area (Å²) in [5, 5.41) is 4.80. The molecule has 6 nitrogen and oxygen atoms in total. The summed E-state index contributed by atoms with van der Waals surface area (Å²) in [7, 11) is 0. The minimum absolute atomic E-state index is 0.337. The van der Waals surface area contributed by atoms with Gasteiger partial charge in [0.05, 0.1) is 17.9 Å². The highest BCUT2D eigenvalue weighted by molar-refractivity contribution is 7.98. The van der Waals surface area contributed by atoms with E-state index in [2.05, 4.69) is 15.1 Å². The summed E-state index contributed by atoms with van der Waals surface area (Å²) in [6.45, 7) is 3.85. The molecule has 17 heavy (non-hydrogen) atoms. The first-order valence-corrected chi connectivity index (χ1v) is 6.33. The van der Waals surface area contributed by atoms with E-state index in [0.717, 1.165) is 0 Å². The number of nitrogens with zero attached hydrogens (tertiary/aromatic N) is 4. The van der Waals surface area contributed by atoms with Crippen LogP contribution < -0.4 is 0 Å². The van der Waals surface area contributed by atoms with Gasteiger partial charge in [-0.05, 0) is 20.1 Å². The lowest BCUT2D eigenvalue weighted by atomic mass is 10.2. The molecule has 2 heterocycles. The van der Waals surface area contributed by atoms with Crippen molar-refractivity contribution in [3.63, 3.8) is 0 Å².